The summed E-state index contributed by atoms with van der Waals surface area (Å²) in [5.74, 6) is 0.621. The van der Waals surface area contributed by atoms with Gasteiger partial charge in [0, 0.05) is 36.8 Å². The SMILES string of the molecule is Cc1nc(-c2ccc(Cl)cc2)nc2sc3c(=O)n(CCN4CCOCC4)cnc3c12. The van der Waals surface area contributed by atoms with Gasteiger partial charge in [-0.2, -0.15) is 0 Å². The Kier molecular flexibility index (Phi) is 5.24. The second-order valence-corrected chi connectivity index (χ2v) is 8.73. The first kappa shape index (κ1) is 19.6. The number of fused-ring (bicyclic) bond motifs is 3. The van der Waals surface area contributed by atoms with Gasteiger partial charge in [-0.05, 0) is 31.2 Å². The summed E-state index contributed by atoms with van der Waals surface area (Å²) in [6, 6.07) is 7.43. The van der Waals surface area contributed by atoms with Crippen LogP contribution in [-0.2, 0) is 11.3 Å². The van der Waals surface area contributed by atoms with Crippen LogP contribution < -0.4 is 5.56 Å². The van der Waals surface area contributed by atoms with Crippen molar-refractivity contribution >= 4 is 43.4 Å². The Labute approximate surface area is 181 Å². The van der Waals surface area contributed by atoms with E-state index in [4.69, 9.17) is 21.3 Å². The fourth-order valence-electron chi connectivity index (χ4n) is 3.69. The summed E-state index contributed by atoms with van der Waals surface area (Å²) >= 11 is 7.38. The molecule has 7 nitrogen and oxygen atoms in total. The third-order valence-corrected chi connectivity index (χ3v) is 6.66. The zero-order valence-corrected chi connectivity index (χ0v) is 18.0. The first-order chi connectivity index (χ1) is 14.6. The lowest BCUT2D eigenvalue weighted by atomic mass is 10.2. The molecule has 0 N–H and O–H groups in total. The molecule has 1 fully saturated rings. The van der Waals surface area contributed by atoms with Crippen LogP contribution in [0.3, 0.4) is 0 Å². The molecule has 1 aliphatic heterocycles. The van der Waals surface area contributed by atoms with Crippen molar-refractivity contribution in [2.75, 3.05) is 32.8 Å². The molecular formula is C21H20ClN5O2S. The Bertz CT molecular complexity index is 1280. The Morgan fingerprint density at radius 3 is 2.67 bits per heavy atom. The largest absolute Gasteiger partial charge is 0.379 e. The topological polar surface area (TPSA) is 73.1 Å². The number of rotatable bonds is 4. The third-order valence-electron chi connectivity index (χ3n) is 5.35. The number of halogens is 1. The second-order valence-electron chi connectivity index (χ2n) is 7.30. The normalized spacial score (nSPS) is 15.3. The molecule has 0 saturated carbocycles. The van der Waals surface area contributed by atoms with Gasteiger partial charge in [0.25, 0.3) is 5.56 Å². The highest BCUT2D eigenvalue weighted by Gasteiger charge is 2.18. The molecule has 0 spiro atoms. The van der Waals surface area contributed by atoms with E-state index in [0.29, 0.717) is 27.6 Å². The van der Waals surface area contributed by atoms with Crippen LogP contribution in [0, 0.1) is 6.92 Å². The van der Waals surface area contributed by atoms with Crippen LogP contribution in [0.5, 0.6) is 0 Å². The van der Waals surface area contributed by atoms with E-state index in [1.807, 2.05) is 31.2 Å². The molecule has 0 amide bonds. The van der Waals surface area contributed by atoms with Crippen LogP contribution in [0.2, 0.25) is 5.02 Å². The number of thiophene rings is 1. The standard InChI is InChI=1S/C21H20ClN5O2S/c1-13-16-17-18(21(28)27(12-23-17)7-6-26-8-10-29-11-9-26)30-20(16)25-19(24-13)14-2-4-15(22)5-3-14/h2-5,12H,6-11H2,1H3. The summed E-state index contributed by atoms with van der Waals surface area (Å²) in [4.78, 5) is 30.2. The molecule has 4 heterocycles. The predicted octanol–water partition coefficient (Wildman–Crippen LogP) is 3.36. The van der Waals surface area contributed by atoms with E-state index in [0.717, 1.165) is 54.3 Å². The number of morpholine rings is 1. The van der Waals surface area contributed by atoms with Crippen LogP contribution in [-0.4, -0.2) is 57.3 Å². The summed E-state index contributed by atoms with van der Waals surface area (Å²) in [6.45, 7) is 6.64. The van der Waals surface area contributed by atoms with Crippen molar-refractivity contribution in [3.05, 3.63) is 51.7 Å². The number of aromatic nitrogens is 4. The Hall–Kier alpha value is -2.39. The third kappa shape index (κ3) is 3.60. The van der Waals surface area contributed by atoms with Crippen molar-refractivity contribution in [2.24, 2.45) is 0 Å². The Morgan fingerprint density at radius 1 is 1.13 bits per heavy atom. The molecule has 0 unspecified atom stereocenters. The van der Waals surface area contributed by atoms with Gasteiger partial charge < -0.3 is 4.74 Å². The van der Waals surface area contributed by atoms with Gasteiger partial charge in [-0.25, -0.2) is 15.0 Å². The molecule has 1 saturated heterocycles. The monoisotopic (exact) mass is 441 g/mol. The fourth-order valence-corrected chi connectivity index (χ4v) is 4.95. The number of benzene rings is 1. The van der Waals surface area contributed by atoms with Crippen LogP contribution in [0.25, 0.3) is 31.8 Å². The molecular weight excluding hydrogens is 422 g/mol. The molecule has 1 aliphatic rings. The van der Waals surface area contributed by atoms with E-state index in [-0.39, 0.29) is 5.56 Å². The van der Waals surface area contributed by atoms with Gasteiger partial charge in [0.05, 0.1) is 36.1 Å². The Balaban J connectivity index is 1.53. The number of nitrogens with zero attached hydrogens (tertiary/aromatic N) is 5. The Morgan fingerprint density at radius 2 is 1.90 bits per heavy atom. The highest BCUT2D eigenvalue weighted by atomic mass is 35.5. The molecule has 0 bridgehead atoms. The van der Waals surface area contributed by atoms with Crippen molar-refractivity contribution in [2.45, 2.75) is 13.5 Å². The van der Waals surface area contributed by atoms with Gasteiger partial charge in [0.1, 0.15) is 9.53 Å². The molecule has 30 heavy (non-hydrogen) atoms. The van der Waals surface area contributed by atoms with Crippen LogP contribution >= 0.6 is 22.9 Å². The van der Waals surface area contributed by atoms with Crippen molar-refractivity contribution in [3.8, 4) is 11.4 Å². The molecule has 4 aromatic rings. The van der Waals surface area contributed by atoms with Gasteiger partial charge in [-0.3, -0.25) is 14.3 Å². The average Bonchev–Trinajstić information content (AvgIpc) is 3.14. The maximum Gasteiger partial charge on any atom is 0.271 e. The molecule has 0 radical (unpaired) electrons. The second kappa shape index (κ2) is 8.03. The molecule has 0 atom stereocenters. The molecule has 5 rings (SSSR count). The lowest BCUT2D eigenvalue weighted by Crippen LogP contribution is -2.39. The minimum Gasteiger partial charge on any atom is -0.379 e. The van der Waals surface area contributed by atoms with E-state index in [1.165, 1.54) is 11.3 Å². The van der Waals surface area contributed by atoms with Crippen LogP contribution in [0.1, 0.15) is 5.69 Å². The summed E-state index contributed by atoms with van der Waals surface area (Å²) < 4.78 is 7.70. The minimum absolute atomic E-state index is 0.0243. The summed E-state index contributed by atoms with van der Waals surface area (Å²) in [6.07, 6.45) is 1.64. The average molecular weight is 442 g/mol. The summed E-state index contributed by atoms with van der Waals surface area (Å²) in [5.41, 5.74) is 2.36. The molecule has 1 aromatic carbocycles. The van der Waals surface area contributed by atoms with Gasteiger partial charge in [-0.1, -0.05) is 11.6 Å². The molecule has 0 aliphatic carbocycles. The van der Waals surface area contributed by atoms with Crippen molar-refractivity contribution in [3.63, 3.8) is 0 Å². The minimum atomic E-state index is -0.0243. The summed E-state index contributed by atoms with van der Waals surface area (Å²) in [5, 5.41) is 1.52. The van der Waals surface area contributed by atoms with Crippen LogP contribution in [0.15, 0.2) is 35.4 Å². The number of hydrogen-bond acceptors (Lipinski definition) is 7. The zero-order valence-electron chi connectivity index (χ0n) is 16.5. The molecule has 154 valence electrons. The maximum atomic E-state index is 13.1. The smallest absolute Gasteiger partial charge is 0.271 e. The van der Waals surface area contributed by atoms with Gasteiger partial charge in [0.2, 0.25) is 0 Å². The van der Waals surface area contributed by atoms with Gasteiger partial charge in [-0.15, -0.1) is 11.3 Å². The van der Waals surface area contributed by atoms with Crippen molar-refractivity contribution in [1.82, 2.24) is 24.4 Å². The van der Waals surface area contributed by atoms with Crippen molar-refractivity contribution < 1.29 is 4.74 Å². The zero-order chi connectivity index (χ0) is 20.7. The quantitative estimate of drug-likeness (QED) is 0.483. The number of aryl methyl sites for hydroxylation is 1. The highest BCUT2D eigenvalue weighted by molar-refractivity contribution is 7.25. The van der Waals surface area contributed by atoms with E-state index in [9.17, 15) is 4.79 Å². The molecule has 9 heteroatoms. The highest BCUT2D eigenvalue weighted by Crippen LogP contribution is 2.32. The summed E-state index contributed by atoms with van der Waals surface area (Å²) in [7, 11) is 0. The first-order valence-corrected chi connectivity index (χ1v) is 11.0. The maximum absolute atomic E-state index is 13.1. The van der Waals surface area contributed by atoms with E-state index >= 15 is 0 Å². The first-order valence-electron chi connectivity index (χ1n) is 9.82. The van der Waals surface area contributed by atoms with E-state index in [1.54, 1.807) is 10.9 Å². The number of hydrogen-bond donors (Lipinski definition) is 0. The molecule has 3 aromatic heterocycles. The van der Waals surface area contributed by atoms with Crippen LogP contribution in [0.4, 0.5) is 0 Å². The van der Waals surface area contributed by atoms with E-state index < -0.39 is 0 Å². The predicted molar refractivity (Wildman–Crippen MR) is 119 cm³/mol. The lowest BCUT2D eigenvalue weighted by Gasteiger charge is -2.26. The van der Waals surface area contributed by atoms with Gasteiger partial charge >= 0.3 is 0 Å². The van der Waals surface area contributed by atoms with E-state index in [2.05, 4.69) is 14.9 Å². The van der Waals surface area contributed by atoms with Crippen molar-refractivity contribution in [1.29, 1.82) is 0 Å². The van der Waals surface area contributed by atoms with Gasteiger partial charge in [0.15, 0.2) is 5.82 Å². The number of ether oxygens (including phenoxy) is 1. The fraction of sp³-hybridized carbons (Fsp3) is 0.333. The lowest BCUT2D eigenvalue weighted by molar-refractivity contribution is 0.0362.